The molecule has 0 aliphatic carbocycles. The van der Waals surface area contributed by atoms with Gasteiger partial charge in [-0.05, 0) is 36.2 Å². The summed E-state index contributed by atoms with van der Waals surface area (Å²) in [6, 6.07) is 9.51. The molecular weight excluding hydrogens is 212 g/mol. The molecule has 0 aliphatic heterocycles. The summed E-state index contributed by atoms with van der Waals surface area (Å²) in [5, 5.41) is 0. The summed E-state index contributed by atoms with van der Waals surface area (Å²) in [5.74, 6) is 0.223. The van der Waals surface area contributed by atoms with E-state index in [1.54, 1.807) is 18.6 Å². The average Bonchev–Trinajstić information content (AvgIpc) is 2.39. The molecule has 0 aliphatic rings. The second-order valence-corrected chi connectivity index (χ2v) is 3.89. The molecule has 3 heteroatoms. The van der Waals surface area contributed by atoms with Gasteiger partial charge in [-0.2, -0.15) is 0 Å². The number of carbonyl (C=O) groups is 1. The summed E-state index contributed by atoms with van der Waals surface area (Å²) in [6.07, 6.45) is 6.96. The van der Waals surface area contributed by atoms with Crippen LogP contribution in [0.4, 0.5) is 0 Å². The molecule has 0 unspecified atom stereocenters. The fourth-order valence-corrected chi connectivity index (χ4v) is 1.63. The Labute approximate surface area is 101 Å². The van der Waals surface area contributed by atoms with E-state index >= 15 is 0 Å². The molecular formula is C14H14N2O. The highest BCUT2D eigenvalue weighted by Gasteiger charge is 2.04. The molecule has 0 radical (unpaired) electrons. The molecule has 0 aromatic carbocycles. The van der Waals surface area contributed by atoms with Crippen LogP contribution in [0.2, 0.25) is 0 Å². The van der Waals surface area contributed by atoms with Crippen molar-refractivity contribution >= 4 is 5.78 Å². The predicted molar refractivity (Wildman–Crippen MR) is 65.5 cm³/mol. The van der Waals surface area contributed by atoms with Gasteiger partial charge in [0.15, 0.2) is 0 Å². The number of aryl methyl sites for hydroxylation is 1. The van der Waals surface area contributed by atoms with Crippen LogP contribution >= 0.6 is 0 Å². The minimum absolute atomic E-state index is 0.223. The van der Waals surface area contributed by atoms with Gasteiger partial charge in [-0.15, -0.1) is 0 Å². The number of rotatable bonds is 5. The first-order chi connectivity index (χ1) is 8.34. The third-order valence-corrected chi connectivity index (χ3v) is 2.55. The normalized spacial score (nSPS) is 10.1. The minimum Gasteiger partial charge on any atom is -0.299 e. The Bertz CT molecular complexity index is 468. The van der Waals surface area contributed by atoms with Crippen LogP contribution in [-0.2, 0) is 17.6 Å². The van der Waals surface area contributed by atoms with Crippen molar-refractivity contribution in [3.63, 3.8) is 0 Å². The van der Waals surface area contributed by atoms with Crippen LogP contribution in [0.5, 0.6) is 0 Å². The van der Waals surface area contributed by atoms with Gasteiger partial charge in [0.25, 0.3) is 0 Å². The maximum absolute atomic E-state index is 11.7. The molecule has 0 fully saturated rings. The number of pyridine rings is 2. The molecule has 3 nitrogen and oxygen atoms in total. The molecule has 0 saturated carbocycles. The monoisotopic (exact) mass is 226 g/mol. The molecule has 2 aromatic rings. The Morgan fingerprint density at radius 2 is 1.88 bits per heavy atom. The first kappa shape index (κ1) is 11.5. The van der Waals surface area contributed by atoms with Crippen LogP contribution in [0.15, 0.2) is 48.9 Å². The highest BCUT2D eigenvalue weighted by atomic mass is 16.1. The van der Waals surface area contributed by atoms with E-state index in [0.717, 1.165) is 17.7 Å². The molecule has 86 valence electrons. The zero-order valence-electron chi connectivity index (χ0n) is 9.54. The summed E-state index contributed by atoms with van der Waals surface area (Å²) >= 11 is 0. The second kappa shape index (κ2) is 5.89. The highest BCUT2D eigenvalue weighted by molar-refractivity contribution is 5.80. The Balaban J connectivity index is 1.83. The van der Waals surface area contributed by atoms with Crippen LogP contribution in [-0.4, -0.2) is 15.8 Å². The summed E-state index contributed by atoms with van der Waals surface area (Å²) in [7, 11) is 0. The second-order valence-electron chi connectivity index (χ2n) is 3.89. The van der Waals surface area contributed by atoms with Crippen LogP contribution in [0.1, 0.15) is 17.7 Å². The molecule has 2 rings (SSSR count). The largest absolute Gasteiger partial charge is 0.299 e. The standard InChI is InChI=1S/C14H14N2O/c17-14(11-13-3-1-2-8-16-13)5-4-12-6-9-15-10-7-12/h1-3,6-10H,4-5,11H2. The fraction of sp³-hybridized carbons (Fsp3) is 0.214. The van der Waals surface area contributed by atoms with Gasteiger partial charge < -0.3 is 0 Å². The number of nitrogens with zero attached hydrogens (tertiary/aromatic N) is 2. The van der Waals surface area contributed by atoms with E-state index in [0.29, 0.717) is 12.8 Å². The van der Waals surface area contributed by atoms with Gasteiger partial charge >= 0.3 is 0 Å². The number of hydrogen-bond acceptors (Lipinski definition) is 3. The van der Waals surface area contributed by atoms with Crippen molar-refractivity contribution in [3.8, 4) is 0 Å². The molecule has 2 aromatic heterocycles. The first-order valence-electron chi connectivity index (χ1n) is 5.65. The number of Topliss-reactive ketones (excluding diaryl/α,β-unsaturated/α-hetero) is 1. The van der Waals surface area contributed by atoms with Crippen LogP contribution < -0.4 is 0 Å². The van der Waals surface area contributed by atoms with Crippen LogP contribution in [0.3, 0.4) is 0 Å². The van der Waals surface area contributed by atoms with Crippen molar-refractivity contribution in [3.05, 3.63) is 60.2 Å². The van der Waals surface area contributed by atoms with Gasteiger partial charge in [0.05, 0.1) is 0 Å². The Kier molecular flexibility index (Phi) is 3.97. The van der Waals surface area contributed by atoms with Crippen LogP contribution in [0, 0.1) is 0 Å². The van der Waals surface area contributed by atoms with E-state index < -0.39 is 0 Å². The first-order valence-corrected chi connectivity index (χ1v) is 5.65. The molecule has 17 heavy (non-hydrogen) atoms. The van der Waals surface area contributed by atoms with Gasteiger partial charge in [0.2, 0.25) is 0 Å². The van der Waals surface area contributed by atoms with Gasteiger partial charge in [-0.25, -0.2) is 0 Å². The summed E-state index contributed by atoms with van der Waals surface area (Å²) < 4.78 is 0. The van der Waals surface area contributed by atoms with Crippen molar-refractivity contribution < 1.29 is 4.79 Å². The SMILES string of the molecule is O=C(CCc1ccncc1)Cc1ccccn1. The quantitative estimate of drug-likeness (QED) is 0.785. The molecule has 0 N–H and O–H groups in total. The van der Waals surface area contributed by atoms with Crippen molar-refractivity contribution in [1.82, 2.24) is 9.97 Å². The Morgan fingerprint density at radius 1 is 1.06 bits per heavy atom. The Hall–Kier alpha value is -2.03. The molecule has 0 spiro atoms. The molecule has 2 heterocycles. The number of aromatic nitrogens is 2. The van der Waals surface area contributed by atoms with Crippen molar-refractivity contribution in [2.75, 3.05) is 0 Å². The van der Waals surface area contributed by atoms with Crippen LogP contribution in [0.25, 0.3) is 0 Å². The topological polar surface area (TPSA) is 42.9 Å². The average molecular weight is 226 g/mol. The summed E-state index contributed by atoms with van der Waals surface area (Å²) in [5.41, 5.74) is 1.99. The van der Waals surface area contributed by atoms with E-state index in [9.17, 15) is 4.79 Å². The smallest absolute Gasteiger partial charge is 0.139 e. The predicted octanol–water partition coefficient (Wildman–Crippen LogP) is 2.22. The lowest BCUT2D eigenvalue weighted by molar-refractivity contribution is -0.118. The third kappa shape index (κ3) is 3.79. The van der Waals surface area contributed by atoms with E-state index in [1.165, 1.54) is 0 Å². The minimum atomic E-state index is 0.223. The van der Waals surface area contributed by atoms with Crippen molar-refractivity contribution in [2.24, 2.45) is 0 Å². The maximum Gasteiger partial charge on any atom is 0.139 e. The van der Waals surface area contributed by atoms with Gasteiger partial charge in [0, 0.05) is 37.1 Å². The number of hydrogen-bond donors (Lipinski definition) is 0. The van der Waals surface area contributed by atoms with E-state index in [1.807, 2.05) is 30.3 Å². The van der Waals surface area contributed by atoms with E-state index in [2.05, 4.69) is 9.97 Å². The molecule has 0 atom stereocenters. The summed E-state index contributed by atoms with van der Waals surface area (Å²) in [4.78, 5) is 19.8. The maximum atomic E-state index is 11.7. The van der Waals surface area contributed by atoms with E-state index in [4.69, 9.17) is 0 Å². The van der Waals surface area contributed by atoms with Gasteiger partial charge in [-0.3, -0.25) is 14.8 Å². The molecule has 0 bridgehead atoms. The number of carbonyl (C=O) groups excluding carboxylic acids is 1. The fourth-order valence-electron chi connectivity index (χ4n) is 1.63. The highest BCUT2D eigenvalue weighted by Crippen LogP contribution is 2.04. The molecule has 0 amide bonds. The zero-order chi connectivity index (χ0) is 11.9. The van der Waals surface area contributed by atoms with Gasteiger partial charge in [-0.1, -0.05) is 6.07 Å². The zero-order valence-corrected chi connectivity index (χ0v) is 9.54. The molecule has 0 saturated heterocycles. The lowest BCUT2D eigenvalue weighted by Crippen LogP contribution is -2.05. The van der Waals surface area contributed by atoms with Gasteiger partial charge in [0.1, 0.15) is 5.78 Å². The van der Waals surface area contributed by atoms with Crippen molar-refractivity contribution in [1.29, 1.82) is 0 Å². The summed E-state index contributed by atoms with van der Waals surface area (Å²) in [6.45, 7) is 0. The lowest BCUT2D eigenvalue weighted by atomic mass is 10.1. The van der Waals surface area contributed by atoms with Crippen molar-refractivity contribution in [2.45, 2.75) is 19.3 Å². The third-order valence-electron chi connectivity index (χ3n) is 2.55. The lowest BCUT2D eigenvalue weighted by Gasteiger charge is -2.01. The van der Waals surface area contributed by atoms with E-state index in [-0.39, 0.29) is 5.78 Å². The number of ketones is 1. The Morgan fingerprint density at radius 3 is 2.59 bits per heavy atom.